The number of hydrazine groups is 1. The van der Waals surface area contributed by atoms with Crippen molar-refractivity contribution in [3.8, 4) is 0 Å². The third-order valence-electron chi connectivity index (χ3n) is 1.89. The fourth-order valence-corrected chi connectivity index (χ4v) is 1.00. The van der Waals surface area contributed by atoms with Crippen LogP contribution in [-0.4, -0.2) is 51.3 Å². The van der Waals surface area contributed by atoms with E-state index in [4.69, 9.17) is 5.73 Å². The molecule has 0 aliphatic carbocycles. The zero-order valence-corrected chi connectivity index (χ0v) is 11.4. The lowest BCUT2D eigenvalue weighted by molar-refractivity contribution is 0.0594. The molecule has 0 radical (unpaired) electrons. The molecule has 2 aromatic heterocycles. The Kier molecular flexibility index (Phi) is 12.3. The molecule has 0 fully saturated rings. The van der Waals surface area contributed by atoms with Crippen molar-refractivity contribution < 1.29 is 19.8 Å². The maximum Gasteiger partial charge on any atom is 0.356 e. The van der Waals surface area contributed by atoms with Crippen LogP contribution in [0, 0.1) is 0 Å². The van der Waals surface area contributed by atoms with Crippen LogP contribution in [0.15, 0.2) is 24.5 Å². The van der Waals surface area contributed by atoms with Crippen molar-refractivity contribution in [2.45, 2.75) is 0 Å². The highest BCUT2D eigenvalue weighted by atomic mass is 16.5. The Morgan fingerprint density at radius 1 is 1.14 bits per heavy atom. The summed E-state index contributed by atoms with van der Waals surface area (Å²) in [5.41, 5.74) is 5.91. The summed E-state index contributed by atoms with van der Waals surface area (Å²) >= 11 is 0. The normalized spacial score (nSPS) is 8.19. The second-order valence-corrected chi connectivity index (χ2v) is 3.06. The fraction of sp³-hybridized carbons (Fsp3) is 0.200. The molecule has 0 aliphatic heterocycles. The number of hydrogen-bond donors (Lipinski definition) is 5. The minimum atomic E-state index is -0.396. The summed E-state index contributed by atoms with van der Waals surface area (Å²) in [5.74, 6) is 7.49. The maximum atomic E-state index is 10.7. The molecule has 0 saturated carbocycles. The van der Waals surface area contributed by atoms with E-state index in [0.29, 0.717) is 11.4 Å². The number of ketones is 1. The Bertz CT molecular complexity index is 437. The van der Waals surface area contributed by atoms with Crippen LogP contribution in [0.25, 0.3) is 0 Å². The van der Waals surface area contributed by atoms with Crippen LogP contribution >= 0.6 is 0 Å². The van der Waals surface area contributed by atoms with Gasteiger partial charge >= 0.3 is 5.97 Å². The SMILES string of the molecule is COC(=O)c1ccn[nH]1.NCC(=O)c1ccn[nH]1.NN.O. The van der Waals surface area contributed by atoms with Gasteiger partial charge in [-0.3, -0.25) is 26.7 Å². The van der Waals surface area contributed by atoms with E-state index in [2.05, 4.69) is 36.8 Å². The van der Waals surface area contributed by atoms with E-state index in [0.717, 1.165) is 0 Å². The van der Waals surface area contributed by atoms with Gasteiger partial charge in [0, 0.05) is 12.4 Å². The van der Waals surface area contributed by atoms with Crippen molar-refractivity contribution in [2.75, 3.05) is 13.7 Å². The molecule has 2 rings (SSSR count). The molecule has 2 aromatic rings. The van der Waals surface area contributed by atoms with E-state index in [1.807, 2.05) is 0 Å². The van der Waals surface area contributed by atoms with Crippen LogP contribution in [-0.2, 0) is 4.74 Å². The van der Waals surface area contributed by atoms with Crippen LogP contribution in [0.3, 0.4) is 0 Å². The van der Waals surface area contributed by atoms with Crippen molar-refractivity contribution in [1.82, 2.24) is 20.4 Å². The van der Waals surface area contributed by atoms with Crippen LogP contribution in [0.5, 0.6) is 0 Å². The van der Waals surface area contributed by atoms with E-state index in [9.17, 15) is 9.59 Å². The van der Waals surface area contributed by atoms with Gasteiger partial charge in [0.05, 0.1) is 13.7 Å². The number of rotatable bonds is 3. The van der Waals surface area contributed by atoms with Gasteiger partial charge in [-0.15, -0.1) is 0 Å². The second-order valence-electron chi connectivity index (χ2n) is 3.06. The number of Topliss-reactive ketones (excluding diaryl/α,β-unsaturated/α-hetero) is 1. The average Bonchev–Trinajstić information content (AvgIpc) is 3.21. The molecular weight excluding hydrogens is 282 g/mol. The number of ether oxygens (including phenoxy) is 1. The smallest absolute Gasteiger partial charge is 0.356 e. The number of H-pyrrole nitrogens is 2. The Balaban J connectivity index is 0. The Hall–Kier alpha value is -2.60. The number of carbonyl (C=O) groups excluding carboxylic acids is 2. The molecule has 0 unspecified atom stereocenters. The zero-order valence-electron chi connectivity index (χ0n) is 11.4. The lowest BCUT2D eigenvalue weighted by Gasteiger charge is -1.90. The first-order valence-electron chi connectivity index (χ1n) is 5.32. The van der Waals surface area contributed by atoms with Gasteiger partial charge in [0.15, 0.2) is 5.78 Å². The first-order chi connectivity index (χ1) is 9.69. The summed E-state index contributed by atoms with van der Waals surface area (Å²) in [6, 6.07) is 3.14. The van der Waals surface area contributed by atoms with Crippen molar-refractivity contribution >= 4 is 11.8 Å². The van der Waals surface area contributed by atoms with Crippen LogP contribution < -0.4 is 17.4 Å². The lowest BCUT2D eigenvalue weighted by Crippen LogP contribution is -2.13. The number of esters is 1. The van der Waals surface area contributed by atoms with Gasteiger partial charge in [-0.25, -0.2) is 4.79 Å². The quantitative estimate of drug-likeness (QED) is 0.180. The van der Waals surface area contributed by atoms with Gasteiger partial charge in [-0.2, -0.15) is 10.2 Å². The Morgan fingerprint density at radius 3 is 1.95 bits per heavy atom. The summed E-state index contributed by atoms with van der Waals surface area (Å²) in [5, 5.41) is 12.1. The topological polar surface area (TPSA) is 210 Å². The van der Waals surface area contributed by atoms with Crippen molar-refractivity contribution in [1.29, 1.82) is 0 Å². The van der Waals surface area contributed by atoms with E-state index >= 15 is 0 Å². The number of nitrogens with one attached hydrogen (secondary N) is 2. The van der Waals surface area contributed by atoms with Gasteiger partial charge in [0.1, 0.15) is 11.4 Å². The Labute approximate surface area is 120 Å². The predicted octanol–water partition coefficient (Wildman–Crippen LogP) is -2.26. The molecule has 0 aliphatic rings. The van der Waals surface area contributed by atoms with Crippen molar-refractivity contribution in [2.24, 2.45) is 17.4 Å². The standard InChI is InChI=1S/C5H7N3O.C5H6N2O2.H4N2.H2O/c6-3-5(9)4-1-2-7-8-4;1-9-5(8)4-2-3-6-7-4;1-2;/h1-2H,3,6H2,(H,7,8);2-3H,1H3,(H,6,7);1-2H2;1H2. The third kappa shape index (κ3) is 7.54. The molecule has 2 heterocycles. The van der Waals surface area contributed by atoms with Crippen molar-refractivity contribution in [3.63, 3.8) is 0 Å². The molecule has 21 heavy (non-hydrogen) atoms. The molecule has 118 valence electrons. The highest BCUT2D eigenvalue weighted by molar-refractivity contribution is 5.95. The highest BCUT2D eigenvalue weighted by Gasteiger charge is 2.03. The van der Waals surface area contributed by atoms with Crippen molar-refractivity contribution in [3.05, 3.63) is 35.9 Å². The van der Waals surface area contributed by atoms with Crippen LogP contribution in [0.1, 0.15) is 21.0 Å². The summed E-state index contributed by atoms with van der Waals surface area (Å²) in [4.78, 5) is 21.3. The van der Waals surface area contributed by atoms with Gasteiger partial charge in [0.2, 0.25) is 0 Å². The zero-order chi connectivity index (χ0) is 15.4. The summed E-state index contributed by atoms with van der Waals surface area (Å²) in [6.07, 6.45) is 3.01. The second kappa shape index (κ2) is 12.4. The maximum absolute atomic E-state index is 10.7. The lowest BCUT2D eigenvalue weighted by atomic mass is 10.3. The number of methoxy groups -OCH3 is 1. The van der Waals surface area contributed by atoms with Gasteiger partial charge in [-0.05, 0) is 12.1 Å². The minimum absolute atomic E-state index is 0. The summed E-state index contributed by atoms with van der Waals surface area (Å²) < 4.78 is 4.38. The monoisotopic (exact) mass is 301 g/mol. The predicted molar refractivity (Wildman–Crippen MR) is 73.9 cm³/mol. The molecule has 0 spiro atoms. The van der Waals surface area contributed by atoms with Gasteiger partial charge in [-0.1, -0.05) is 0 Å². The summed E-state index contributed by atoms with van der Waals surface area (Å²) in [7, 11) is 1.32. The number of aromatic amines is 2. The molecule has 0 atom stereocenters. The first kappa shape index (κ1) is 20.7. The van der Waals surface area contributed by atoms with E-state index in [-0.39, 0.29) is 17.8 Å². The number of nitrogens with two attached hydrogens (primary N) is 3. The Morgan fingerprint density at radius 2 is 1.62 bits per heavy atom. The van der Waals surface area contributed by atoms with E-state index in [1.54, 1.807) is 12.1 Å². The van der Waals surface area contributed by atoms with E-state index in [1.165, 1.54) is 19.5 Å². The molecular formula is C10H19N7O4. The summed E-state index contributed by atoms with van der Waals surface area (Å²) in [6.45, 7) is 0.0300. The van der Waals surface area contributed by atoms with E-state index < -0.39 is 5.97 Å². The fourth-order valence-electron chi connectivity index (χ4n) is 1.00. The minimum Gasteiger partial charge on any atom is -0.464 e. The number of aromatic nitrogens is 4. The largest absolute Gasteiger partial charge is 0.464 e. The number of nitrogens with zero attached hydrogens (tertiary/aromatic N) is 2. The highest BCUT2D eigenvalue weighted by Crippen LogP contribution is 1.92. The third-order valence-corrected chi connectivity index (χ3v) is 1.89. The average molecular weight is 301 g/mol. The van der Waals surface area contributed by atoms with Crippen LogP contribution in [0.4, 0.5) is 0 Å². The van der Waals surface area contributed by atoms with Gasteiger partial charge < -0.3 is 15.9 Å². The molecule has 0 aromatic carbocycles. The molecule has 10 N–H and O–H groups in total. The molecule has 0 amide bonds. The number of hydrogen-bond acceptors (Lipinski definition) is 8. The molecule has 11 nitrogen and oxygen atoms in total. The molecule has 0 bridgehead atoms. The first-order valence-corrected chi connectivity index (χ1v) is 5.32. The number of carbonyl (C=O) groups is 2. The van der Waals surface area contributed by atoms with Crippen LogP contribution in [0.2, 0.25) is 0 Å². The van der Waals surface area contributed by atoms with Gasteiger partial charge in [0.25, 0.3) is 0 Å². The molecule has 0 saturated heterocycles. The molecule has 11 heteroatoms.